The van der Waals surface area contributed by atoms with E-state index in [0.29, 0.717) is 12.5 Å². The average molecular weight is 252 g/mol. The summed E-state index contributed by atoms with van der Waals surface area (Å²) in [6.07, 6.45) is 4.53. The van der Waals surface area contributed by atoms with Crippen LogP contribution in [0.2, 0.25) is 0 Å². The summed E-state index contributed by atoms with van der Waals surface area (Å²) in [6, 6.07) is 1.38. The zero-order valence-corrected chi connectivity index (χ0v) is 10.4. The number of amides is 1. The molecule has 4 nitrogen and oxygen atoms in total. The monoisotopic (exact) mass is 252 g/mol. The number of hydrogen-bond donors (Lipinski definition) is 1. The second-order valence-corrected chi connectivity index (χ2v) is 4.43. The number of nitrogens with zero attached hydrogens (tertiary/aromatic N) is 1. The lowest BCUT2D eigenvalue weighted by atomic mass is 9.99. The van der Waals surface area contributed by atoms with Crippen LogP contribution in [0.4, 0.5) is 4.39 Å². The molecule has 2 atom stereocenters. The van der Waals surface area contributed by atoms with E-state index in [-0.39, 0.29) is 11.7 Å². The number of halogens is 1. The molecule has 1 amide bonds. The van der Waals surface area contributed by atoms with Gasteiger partial charge in [0.2, 0.25) is 0 Å². The lowest BCUT2D eigenvalue weighted by Gasteiger charge is -2.17. The van der Waals surface area contributed by atoms with Crippen molar-refractivity contribution in [3.8, 4) is 0 Å². The second kappa shape index (κ2) is 5.91. The molecule has 18 heavy (non-hydrogen) atoms. The molecule has 2 heterocycles. The minimum Gasteiger partial charge on any atom is -0.378 e. The smallest absolute Gasteiger partial charge is 0.254 e. The Hall–Kier alpha value is -1.49. The summed E-state index contributed by atoms with van der Waals surface area (Å²) < 4.78 is 18.9. The molecule has 1 aromatic heterocycles. The van der Waals surface area contributed by atoms with Gasteiger partial charge < -0.3 is 10.1 Å². The van der Waals surface area contributed by atoms with E-state index in [1.54, 1.807) is 0 Å². The van der Waals surface area contributed by atoms with Crippen LogP contribution in [0.15, 0.2) is 18.5 Å². The molecule has 98 valence electrons. The number of rotatable bonds is 4. The van der Waals surface area contributed by atoms with E-state index in [1.165, 1.54) is 12.3 Å². The molecule has 0 radical (unpaired) electrons. The van der Waals surface area contributed by atoms with Gasteiger partial charge in [-0.15, -0.1) is 0 Å². The van der Waals surface area contributed by atoms with Crippen molar-refractivity contribution in [3.05, 3.63) is 29.8 Å². The van der Waals surface area contributed by atoms with Crippen LogP contribution in [0.3, 0.4) is 0 Å². The third-order valence-electron chi connectivity index (χ3n) is 3.29. The van der Waals surface area contributed by atoms with Crippen LogP contribution in [0, 0.1) is 11.7 Å². The fraction of sp³-hybridized carbons (Fsp3) is 0.538. The van der Waals surface area contributed by atoms with E-state index in [9.17, 15) is 9.18 Å². The number of pyridine rings is 1. The summed E-state index contributed by atoms with van der Waals surface area (Å²) in [7, 11) is 0. The van der Waals surface area contributed by atoms with Gasteiger partial charge in [-0.05, 0) is 18.9 Å². The SMILES string of the molecule is CCC1OCCC1CNC(=O)c1ccncc1F. The van der Waals surface area contributed by atoms with Gasteiger partial charge in [0.05, 0.1) is 17.9 Å². The third-order valence-corrected chi connectivity index (χ3v) is 3.29. The Morgan fingerprint density at radius 1 is 1.67 bits per heavy atom. The van der Waals surface area contributed by atoms with Gasteiger partial charge in [0, 0.05) is 25.3 Å². The molecule has 0 aromatic carbocycles. The van der Waals surface area contributed by atoms with Crippen molar-refractivity contribution in [2.24, 2.45) is 5.92 Å². The van der Waals surface area contributed by atoms with Gasteiger partial charge in [-0.2, -0.15) is 0 Å². The molecule has 0 aliphatic carbocycles. The van der Waals surface area contributed by atoms with Crippen LogP contribution in [-0.2, 0) is 4.74 Å². The van der Waals surface area contributed by atoms with Crippen LogP contribution in [-0.4, -0.2) is 30.1 Å². The number of aromatic nitrogens is 1. The fourth-order valence-corrected chi connectivity index (χ4v) is 2.26. The number of carbonyl (C=O) groups excluding carboxylic acids is 1. The van der Waals surface area contributed by atoms with Crippen molar-refractivity contribution < 1.29 is 13.9 Å². The Bertz CT molecular complexity index is 425. The molecule has 1 aromatic rings. The summed E-state index contributed by atoms with van der Waals surface area (Å²) in [4.78, 5) is 15.4. The van der Waals surface area contributed by atoms with Crippen molar-refractivity contribution in [2.45, 2.75) is 25.9 Å². The highest BCUT2D eigenvalue weighted by Gasteiger charge is 2.27. The molecule has 2 rings (SSSR count). The molecule has 2 unspecified atom stereocenters. The first-order valence-corrected chi connectivity index (χ1v) is 6.21. The highest BCUT2D eigenvalue weighted by Crippen LogP contribution is 2.22. The van der Waals surface area contributed by atoms with E-state index in [1.807, 2.05) is 0 Å². The zero-order chi connectivity index (χ0) is 13.0. The highest BCUT2D eigenvalue weighted by atomic mass is 19.1. The lowest BCUT2D eigenvalue weighted by molar-refractivity contribution is 0.0825. The van der Waals surface area contributed by atoms with Crippen molar-refractivity contribution >= 4 is 5.91 Å². The maximum absolute atomic E-state index is 13.3. The van der Waals surface area contributed by atoms with Crippen LogP contribution >= 0.6 is 0 Å². The first-order valence-electron chi connectivity index (χ1n) is 6.21. The largest absolute Gasteiger partial charge is 0.378 e. The minimum absolute atomic E-state index is 0.0389. The Balaban J connectivity index is 1.91. The molecular formula is C13H17FN2O2. The zero-order valence-electron chi connectivity index (χ0n) is 10.4. The summed E-state index contributed by atoms with van der Waals surface area (Å²) in [6.45, 7) is 3.33. The Morgan fingerprint density at radius 3 is 3.22 bits per heavy atom. The molecule has 0 bridgehead atoms. The number of nitrogens with one attached hydrogen (secondary N) is 1. The molecule has 1 aliphatic heterocycles. The fourth-order valence-electron chi connectivity index (χ4n) is 2.26. The first-order chi connectivity index (χ1) is 8.72. The summed E-state index contributed by atoms with van der Waals surface area (Å²) >= 11 is 0. The molecular weight excluding hydrogens is 235 g/mol. The van der Waals surface area contributed by atoms with E-state index >= 15 is 0 Å². The summed E-state index contributed by atoms with van der Waals surface area (Å²) in [5, 5.41) is 2.76. The number of carbonyl (C=O) groups is 1. The predicted octanol–water partition coefficient (Wildman–Crippen LogP) is 1.77. The van der Waals surface area contributed by atoms with Gasteiger partial charge in [-0.3, -0.25) is 9.78 Å². The lowest BCUT2D eigenvalue weighted by Crippen LogP contribution is -2.33. The van der Waals surface area contributed by atoms with Crippen LogP contribution < -0.4 is 5.32 Å². The Kier molecular flexibility index (Phi) is 4.25. The maximum Gasteiger partial charge on any atom is 0.254 e. The number of ether oxygens (including phenoxy) is 1. The van der Waals surface area contributed by atoms with Gasteiger partial charge in [0.1, 0.15) is 0 Å². The molecule has 1 aliphatic rings. The van der Waals surface area contributed by atoms with Crippen molar-refractivity contribution in [3.63, 3.8) is 0 Å². The molecule has 1 fully saturated rings. The van der Waals surface area contributed by atoms with Gasteiger partial charge in [0.15, 0.2) is 5.82 Å². The van der Waals surface area contributed by atoms with E-state index in [4.69, 9.17) is 4.74 Å². The van der Waals surface area contributed by atoms with E-state index < -0.39 is 11.7 Å². The van der Waals surface area contributed by atoms with Crippen LogP contribution in [0.25, 0.3) is 0 Å². The highest BCUT2D eigenvalue weighted by molar-refractivity contribution is 5.94. The first kappa shape index (κ1) is 13.0. The summed E-state index contributed by atoms with van der Waals surface area (Å²) in [5.41, 5.74) is 0.0389. The standard InChI is InChI=1S/C13H17FN2O2/c1-2-12-9(4-6-18-12)7-16-13(17)10-3-5-15-8-11(10)14/h3,5,8-9,12H,2,4,6-7H2,1H3,(H,16,17). The van der Waals surface area contributed by atoms with Gasteiger partial charge in [-0.25, -0.2) is 4.39 Å². The molecule has 0 spiro atoms. The number of hydrogen-bond acceptors (Lipinski definition) is 3. The predicted molar refractivity (Wildman–Crippen MR) is 64.7 cm³/mol. The van der Waals surface area contributed by atoms with E-state index in [0.717, 1.165) is 25.6 Å². The topological polar surface area (TPSA) is 51.2 Å². The molecule has 1 N–H and O–H groups in total. The minimum atomic E-state index is -0.593. The van der Waals surface area contributed by atoms with Crippen molar-refractivity contribution in [2.75, 3.05) is 13.2 Å². The Labute approximate surface area is 106 Å². The molecule has 1 saturated heterocycles. The summed E-state index contributed by atoms with van der Waals surface area (Å²) in [5.74, 6) is -0.662. The quantitative estimate of drug-likeness (QED) is 0.888. The second-order valence-electron chi connectivity index (χ2n) is 4.43. The molecule has 5 heteroatoms. The van der Waals surface area contributed by atoms with Gasteiger partial charge >= 0.3 is 0 Å². The maximum atomic E-state index is 13.3. The van der Waals surface area contributed by atoms with Crippen LogP contribution in [0.1, 0.15) is 30.1 Å². The van der Waals surface area contributed by atoms with Crippen LogP contribution in [0.5, 0.6) is 0 Å². The van der Waals surface area contributed by atoms with Crippen molar-refractivity contribution in [1.29, 1.82) is 0 Å². The van der Waals surface area contributed by atoms with E-state index in [2.05, 4.69) is 17.2 Å². The van der Waals surface area contributed by atoms with Crippen molar-refractivity contribution in [1.82, 2.24) is 10.3 Å². The van der Waals surface area contributed by atoms with Gasteiger partial charge in [-0.1, -0.05) is 6.92 Å². The Morgan fingerprint density at radius 2 is 2.50 bits per heavy atom. The normalized spacial score (nSPS) is 23.0. The van der Waals surface area contributed by atoms with Gasteiger partial charge in [0.25, 0.3) is 5.91 Å². The molecule has 0 saturated carbocycles. The average Bonchev–Trinajstić information content (AvgIpc) is 2.84. The third kappa shape index (κ3) is 2.85.